The van der Waals surface area contributed by atoms with Crippen LogP contribution < -0.4 is 0 Å². The Balaban J connectivity index is 4.37. The summed E-state index contributed by atoms with van der Waals surface area (Å²) in [5.41, 5.74) is 0. The maximum atomic E-state index is 12.9. The number of unbranched alkanes of at least 4 members (excludes halogenated alkanes) is 35. The molecule has 6 heteroatoms. The molecule has 0 spiro atoms. The summed E-state index contributed by atoms with van der Waals surface area (Å²) in [6.45, 7) is 6.61. The van der Waals surface area contributed by atoms with E-state index in [1.54, 1.807) is 0 Å². The van der Waals surface area contributed by atoms with Gasteiger partial charge >= 0.3 is 17.9 Å². The normalized spacial score (nSPS) is 12.3. The van der Waals surface area contributed by atoms with Crippen LogP contribution in [0.25, 0.3) is 0 Å². The molecule has 0 aliphatic carbocycles. The molecule has 0 bridgehead atoms. The van der Waals surface area contributed by atoms with E-state index >= 15 is 0 Å². The van der Waals surface area contributed by atoms with Crippen LogP contribution >= 0.6 is 0 Å². The van der Waals surface area contributed by atoms with Crippen molar-refractivity contribution in [2.75, 3.05) is 13.2 Å². The van der Waals surface area contributed by atoms with Crippen molar-refractivity contribution in [3.63, 3.8) is 0 Å². The summed E-state index contributed by atoms with van der Waals surface area (Å²) in [6.07, 6.45) is 69.6. The highest BCUT2D eigenvalue weighted by Gasteiger charge is 2.19. The Morgan fingerprint density at radius 2 is 0.529 bits per heavy atom. The Bertz CT molecular complexity index is 1190. The van der Waals surface area contributed by atoms with Gasteiger partial charge in [-0.1, -0.05) is 256 Å². The molecule has 396 valence electrons. The third kappa shape index (κ3) is 54.3. The zero-order valence-electron chi connectivity index (χ0n) is 45.4. The van der Waals surface area contributed by atoms with Crippen molar-refractivity contribution in [1.82, 2.24) is 0 Å². The van der Waals surface area contributed by atoms with Gasteiger partial charge in [-0.2, -0.15) is 0 Å². The summed E-state index contributed by atoms with van der Waals surface area (Å²) in [6, 6.07) is 0. The van der Waals surface area contributed by atoms with Crippen molar-refractivity contribution in [2.24, 2.45) is 0 Å². The average molecular weight is 954 g/mol. The van der Waals surface area contributed by atoms with Crippen molar-refractivity contribution < 1.29 is 28.6 Å². The molecule has 0 aliphatic heterocycles. The minimum absolute atomic E-state index is 0.0804. The SMILES string of the molecule is CCCCC/C=C\C/C=C\CCCCCCCC(=O)OCC(COC(=O)CCCCCCCCCCCCCCCCCCCCC)OC(=O)CCCCCCC/C=C\C/C=C\CCCCCC. The van der Waals surface area contributed by atoms with Gasteiger partial charge in [-0.15, -0.1) is 0 Å². The van der Waals surface area contributed by atoms with E-state index in [2.05, 4.69) is 69.4 Å². The van der Waals surface area contributed by atoms with Crippen LogP contribution in [-0.4, -0.2) is 37.2 Å². The zero-order valence-corrected chi connectivity index (χ0v) is 45.4. The molecule has 68 heavy (non-hydrogen) atoms. The number of carbonyl (C=O) groups excluding carboxylic acids is 3. The fourth-order valence-electron chi connectivity index (χ4n) is 8.56. The molecule has 0 N–H and O–H groups in total. The van der Waals surface area contributed by atoms with Crippen molar-refractivity contribution in [3.8, 4) is 0 Å². The van der Waals surface area contributed by atoms with E-state index in [9.17, 15) is 14.4 Å². The topological polar surface area (TPSA) is 78.9 Å². The van der Waals surface area contributed by atoms with Gasteiger partial charge in [-0.25, -0.2) is 0 Å². The first-order valence-electron chi connectivity index (χ1n) is 29.6. The number of hydrogen-bond acceptors (Lipinski definition) is 6. The lowest BCUT2D eigenvalue weighted by molar-refractivity contribution is -0.167. The van der Waals surface area contributed by atoms with Crippen molar-refractivity contribution in [3.05, 3.63) is 48.6 Å². The molecule has 1 unspecified atom stereocenters. The van der Waals surface area contributed by atoms with Gasteiger partial charge < -0.3 is 14.2 Å². The van der Waals surface area contributed by atoms with Crippen molar-refractivity contribution in [2.45, 2.75) is 316 Å². The molecule has 0 heterocycles. The van der Waals surface area contributed by atoms with Crippen LogP contribution in [0.5, 0.6) is 0 Å². The Labute approximate surface area is 422 Å². The monoisotopic (exact) mass is 953 g/mol. The Hall–Kier alpha value is -2.63. The molecule has 0 saturated carbocycles. The first-order valence-corrected chi connectivity index (χ1v) is 29.6. The number of allylic oxidation sites excluding steroid dienone is 8. The van der Waals surface area contributed by atoms with Crippen molar-refractivity contribution >= 4 is 17.9 Å². The quantitative estimate of drug-likeness (QED) is 0.0262. The van der Waals surface area contributed by atoms with Gasteiger partial charge in [0.05, 0.1) is 0 Å². The fourth-order valence-corrected chi connectivity index (χ4v) is 8.56. The van der Waals surface area contributed by atoms with Crippen LogP contribution in [0.2, 0.25) is 0 Å². The molecule has 0 aliphatic rings. The summed E-state index contributed by atoms with van der Waals surface area (Å²) in [5.74, 6) is -0.893. The van der Waals surface area contributed by atoms with Gasteiger partial charge in [0.25, 0.3) is 0 Å². The first-order chi connectivity index (χ1) is 33.5. The Morgan fingerprint density at radius 1 is 0.294 bits per heavy atom. The lowest BCUT2D eigenvalue weighted by atomic mass is 10.0. The molecule has 0 aromatic heterocycles. The number of rotatable bonds is 54. The van der Waals surface area contributed by atoms with Gasteiger partial charge in [-0.05, 0) is 83.5 Å². The molecular formula is C62H112O6. The molecule has 0 fully saturated rings. The van der Waals surface area contributed by atoms with E-state index in [1.807, 2.05) is 0 Å². The highest BCUT2D eigenvalue weighted by Crippen LogP contribution is 2.16. The molecule has 0 rings (SSSR count). The largest absolute Gasteiger partial charge is 0.462 e. The van der Waals surface area contributed by atoms with Gasteiger partial charge in [0.15, 0.2) is 6.10 Å². The molecule has 0 aromatic rings. The van der Waals surface area contributed by atoms with E-state index in [4.69, 9.17) is 14.2 Å². The predicted octanol–water partition coefficient (Wildman–Crippen LogP) is 19.8. The Morgan fingerprint density at radius 3 is 0.853 bits per heavy atom. The summed E-state index contributed by atoms with van der Waals surface area (Å²) < 4.78 is 16.9. The van der Waals surface area contributed by atoms with Crippen LogP contribution in [-0.2, 0) is 28.6 Å². The lowest BCUT2D eigenvalue weighted by Gasteiger charge is -2.18. The third-order valence-corrected chi connectivity index (χ3v) is 13.1. The summed E-state index contributed by atoms with van der Waals surface area (Å²) >= 11 is 0. The second-order valence-corrected chi connectivity index (χ2v) is 19.9. The minimum Gasteiger partial charge on any atom is -0.462 e. The van der Waals surface area contributed by atoms with Gasteiger partial charge in [0.2, 0.25) is 0 Å². The standard InChI is InChI=1S/C62H112O6/c1-4-7-10-13-16-19-22-25-28-30-31-32-35-37-40-43-46-49-52-55-61(64)67-58-59(57-66-60(63)54-51-48-45-42-39-36-33-27-24-21-18-15-12-9-6-3)68-62(65)56-53-50-47-44-41-38-34-29-26-23-20-17-14-11-8-5-2/h18,20-21,23,27,29,33-34,59H,4-17,19,22,24-26,28,30-32,35-58H2,1-3H3/b21-18-,23-20-,33-27-,34-29-. The summed E-state index contributed by atoms with van der Waals surface area (Å²) in [7, 11) is 0. The van der Waals surface area contributed by atoms with E-state index in [0.717, 1.165) is 103 Å². The highest BCUT2D eigenvalue weighted by molar-refractivity contribution is 5.71. The lowest BCUT2D eigenvalue weighted by Crippen LogP contribution is -2.30. The highest BCUT2D eigenvalue weighted by atomic mass is 16.6. The summed E-state index contributed by atoms with van der Waals surface area (Å²) in [5, 5.41) is 0. The van der Waals surface area contributed by atoms with Gasteiger partial charge in [-0.3, -0.25) is 14.4 Å². The maximum Gasteiger partial charge on any atom is 0.306 e. The third-order valence-electron chi connectivity index (χ3n) is 13.1. The number of ether oxygens (including phenoxy) is 3. The first kappa shape index (κ1) is 65.4. The average Bonchev–Trinajstić information content (AvgIpc) is 3.34. The molecule has 0 aromatic carbocycles. The van der Waals surface area contributed by atoms with Crippen LogP contribution in [0, 0.1) is 0 Å². The van der Waals surface area contributed by atoms with E-state index in [1.165, 1.54) is 167 Å². The molecular weight excluding hydrogens is 841 g/mol. The van der Waals surface area contributed by atoms with E-state index < -0.39 is 6.10 Å². The van der Waals surface area contributed by atoms with Crippen LogP contribution in [0.4, 0.5) is 0 Å². The number of esters is 3. The van der Waals surface area contributed by atoms with Crippen LogP contribution in [0.3, 0.4) is 0 Å². The van der Waals surface area contributed by atoms with Crippen molar-refractivity contribution in [1.29, 1.82) is 0 Å². The molecule has 1 atom stereocenters. The minimum atomic E-state index is -0.784. The smallest absolute Gasteiger partial charge is 0.306 e. The maximum absolute atomic E-state index is 12.9. The second-order valence-electron chi connectivity index (χ2n) is 19.9. The van der Waals surface area contributed by atoms with Crippen LogP contribution in [0.15, 0.2) is 48.6 Å². The summed E-state index contributed by atoms with van der Waals surface area (Å²) in [4.78, 5) is 38.2. The molecule has 6 nitrogen and oxygen atoms in total. The Kier molecular flexibility index (Phi) is 54.8. The number of carbonyl (C=O) groups is 3. The predicted molar refractivity (Wildman–Crippen MR) is 293 cm³/mol. The van der Waals surface area contributed by atoms with Gasteiger partial charge in [0.1, 0.15) is 13.2 Å². The molecule has 0 amide bonds. The second kappa shape index (κ2) is 57.0. The van der Waals surface area contributed by atoms with Crippen LogP contribution in [0.1, 0.15) is 310 Å². The van der Waals surface area contributed by atoms with E-state index in [-0.39, 0.29) is 31.1 Å². The molecule has 0 radical (unpaired) electrons. The number of hydrogen-bond donors (Lipinski definition) is 0. The zero-order chi connectivity index (χ0) is 49.3. The fraction of sp³-hybridized carbons (Fsp3) is 0.823. The van der Waals surface area contributed by atoms with E-state index in [0.29, 0.717) is 19.3 Å². The molecule has 0 saturated heterocycles. The van der Waals surface area contributed by atoms with Gasteiger partial charge in [0, 0.05) is 19.3 Å².